The molecule has 0 saturated carbocycles. The molecule has 5 nitrogen and oxygen atoms in total. The van der Waals surface area contributed by atoms with Crippen molar-refractivity contribution in [2.75, 3.05) is 18.9 Å². The van der Waals surface area contributed by atoms with E-state index in [9.17, 15) is 14.4 Å². The first-order chi connectivity index (χ1) is 15.2. The number of amides is 2. The van der Waals surface area contributed by atoms with Crippen LogP contribution in [-0.2, 0) is 4.79 Å². The number of anilines is 1. The van der Waals surface area contributed by atoms with E-state index >= 15 is 0 Å². The molecular formula is C26H25BrN2O3. The summed E-state index contributed by atoms with van der Waals surface area (Å²) in [5.74, 6) is -0.934. The van der Waals surface area contributed by atoms with Gasteiger partial charge in [0.15, 0.2) is 5.78 Å². The van der Waals surface area contributed by atoms with E-state index in [1.165, 1.54) is 4.90 Å². The molecule has 0 saturated heterocycles. The lowest BCUT2D eigenvalue weighted by Gasteiger charge is -2.19. The molecule has 2 amide bonds. The highest BCUT2D eigenvalue weighted by molar-refractivity contribution is 9.10. The molecule has 3 aromatic rings. The van der Waals surface area contributed by atoms with Crippen molar-refractivity contribution in [3.63, 3.8) is 0 Å². The molecule has 164 valence electrons. The Labute approximate surface area is 196 Å². The minimum atomic E-state index is -0.390. The summed E-state index contributed by atoms with van der Waals surface area (Å²) in [6, 6.07) is 17.6. The largest absolute Gasteiger partial charge is 0.332 e. The Morgan fingerprint density at radius 1 is 0.875 bits per heavy atom. The molecule has 0 unspecified atom stereocenters. The van der Waals surface area contributed by atoms with Gasteiger partial charge in [0, 0.05) is 28.3 Å². The first-order valence-corrected chi connectivity index (χ1v) is 11.0. The van der Waals surface area contributed by atoms with Crippen LogP contribution < -0.4 is 5.32 Å². The van der Waals surface area contributed by atoms with E-state index in [1.54, 1.807) is 55.6 Å². The molecule has 32 heavy (non-hydrogen) atoms. The molecule has 0 atom stereocenters. The highest BCUT2D eigenvalue weighted by atomic mass is 79.9. The van der Waals surface area contributed by atoms with Gasteiger partial charge in [0.25, 0.3) is 5.91 Å². The third kappa shape index (κ3) is 5.32. The Morgan fingerprint density at radius 3 is 2.03 bits per heavy atom. The zero-order valence-corrected chi connectivity index (χ0v) is 20.1. The maximum atomic E-state index is 13.1. The van der Waals surface area contributed by atoms with Gasteiger partial charge in [-0.1, -0.05) is 51.8 Å². The van der Waals surface area contributed by atoms with Gasteiger partial charge in [0.2, 0.25) is 5.91 Å². The number of rotatable bonds is 6. The number of aryl methyl sites for hydroxylation is 3. The zero-order valence-electron chi connectivity index (χ0n) is 18.5. The van der Waals surface area contributed by atoms with Crippen LogP contribution in [0.15, 0.2) is 65.1 Å². The van der Waals surface area contributed by atoms with Crippen LogP contribution in [-0.4, -0.2) is 36.1 Å². The average molecular weight is 493 g/mol. The molecule has 3 rings (SSSR count). The molecule has 0 aliphatic carbocycles. The van der Waals surface area contributed by atoms with E-state index < -0.39 is 5.91 Å². The number of hydrogen-bond donors (Lipinski definition) is 1. The summed E-state index contributed by atoms with van der Waals surface area (Å²) >= 11 is 3.36. The predicted octanol–water partition coefficient (Wildman–Crippen LogP) is 5.32. The predicted molar refractivity (Wildman–Crippen MR) is 130 cm³/mol. The van der Waals surface area contributed by atoms with Crippen LogP contribution in [0.25, 0.3) is 0 Å². The number of ketones is 1. The summed E-state index contributed by atoms with van der Waals surface area (Å²) in [5.41, 5.74) is 4.87. The van der Waals surface area contributed by atoms with Gasteiger partial charge in [-0.05, 0) is 62.2 Å². The minimum absolute atomic E-state index is 0.133. The fraction of sp³-hybridized carbons (Fsp3) is 0.192. The summed E-state index contributed by atoms with van der Waals surface area (Å²) in [7, 11) is 1.55. The average Bonchev–Trinajstić information content (AvgIpc) is 2.75. The highest BCUT2D eigenvalue weighted by Gasteiger charge is 2.22. The first-order valence-electron chi connectivity index (χ1n) is 10.2. The molecule has 6 heteroatoms. The fourth-order valence-electron chi connectivity index (χ4n) is 3.67. The van der Waals surface area contributed by atoms with Gasteiger partial charge in [-0.3, -0.25) is 14.4 Å². The summed E-state index contributed by atoms with van der Waals surface area (Å²) in [4.78, 5) is 40.1. The third-order valence-electron chi connectivity index (χ3n) is 5.18. The molecular weight excluding hydrogens is 468 g/mol. The molecule has 0 spiro atoms. The van der Waals surface area contributed by atoms with Gasteiger partial charge < -0.3 is 10.2 Å². The topological polar surface area (TPSA) is 66.5 Å². The van der Waals surface area contributed by atoms with Crippen LogP contribution >= 0.6 is 15.9 Å². The number of hydrogen-bond acceptors (Lipinski definition) is 3. The Morgan fingerprint density at radius 2 is 1.44 bits per heavy atom. The highest BCUT2D eigenvalue weighted by Crippen LogP contribution is 2.22. The fourth-order valence-corrected chi connectivity index (χ4v) is 3.94. The number of nitrogens with one attached hydrogen (secondary N) is 1. The first kappa shape index (κ1) is 23.4. The molecule has 3 aromatic carbocycles. The van der Waals surface area contributed by atoms with E-state index in [2.05, 4.69) is 21.2 Å². The molecule has 0 radical (unpaired) electrons. The van der Waals surface area contributed by atoms with Crippen molar-refractivity contribution in [2.24, 2.45) is 0 Å². The molecule has 0 heterocycles. The molecule has 0 aliphatic rings. The molecule has 0 fully saturated rings. The van der Waals surface area contributed by atoms with Crippen LogP contribution in [0.4, 0.5) is 5.69 Å². The van der Waals surface area contributed by atoms with Crippen LogP contribution in [0.5, 0.6) is 0 Å². The third-order valence-corrected chi connectivity index (χ3v) is 5.71. The van der Waals surface area contributed by atoms with Gasteiger partial charge in [-0.2, -0.15) is 0 Å². The van der Waals surface area contributed by atoms with E-state index in [0.717, 1.165) is 26.9 Å². The summed E-state index contributed by atoms with van der Waals surface area (Å²) < 4.78 is 0.864. The van der Waals surface area contributed by atoms with Crippen molar-refractivity contribution in [2.45, 2.75) is 20.8 Å². The second kappa shape index (κ2) is 9.92. The van der Waals surface area contributed by atoms with Crippen LogP contribution in [0.1, 0.15) is 43.0 Å². The van der Waals surface area contributed by atoms with Gasteiger partial charge in [0.1, 0.15) is 0 Å². The zero-order chi connectivity index (χ0) is 23.4. The van der Waals surface area contributed by atoms with Gasteiger partial charge in [-0.15, -0.1) is 0 Å². The van der Waals surface area contributed by atoms with Crippen molar-refractivity contribution in [3.8, 4) is 0 Å². The van der Waals surface area contributed by atoms with Crippen LogP contribution in [0.3, 0.4) is 0 Å². The summed E-state index contributed by atoms with van der Waals surface area (Å²) in [5, 5.41) is 2.91. The Kier molecular flexibility index (Phi) is 7.26. The second-order valence-electron chi connectivity index (χ2n) is 7.86. The summed E-state index contributed by atoms with van der Waals surface area (Å²) in [6.45, 7) is 5.75. The summed E-state index contributed by atoms with van der Waals surface area (Å²) in [6.07, 6.45) is 0. The minimum Gasteiger partial charge on any atom is -0.332 e. The monoisotopic (exact) mass is 492 g/mol. The Bertz CT molecular complexity index is 1160. The van der Waals surface area contributed by atoms with E-state index in [-0.39, 0.29) is 23.8 Å². The normalized spacial score (nSPS) is 10.5. The van der Waals surface area contributed by atoms with Crippen LogP contribution in [0, 0.1) is 20.8 Å². The van der Waals surface area contributed by atoms with Crippen molar-refractivity contribution < 1.29 is 14.4 Å². The molecule has 0 bridgehead atoms. The Hall–Kier alpha value is -3.25. The maximum absolute atomic E-state index is 13.1. The smallest absolute Gasteiger partial charge is 0.254 e. The van der Waals surface area contributed by atoms with Crippen LogP contribution in [0.2, 0.25) is 0 Å². The number of likely N-dealkylation sites (N-methyl/N-ethyl adjacent to an activating group) is 1. The van der Waals surface area contributed by atoms with E-state index in [4.69, 9.17) is 0 Å². The lowest BCUT2D eigenvalue weighted by atomic mass is 9.97. The number of carbonyl (C=O) groups excluding carboxylic acids is 3. The van der Waals surface area contributed by atoms with Gasteiger partial charge in [-0.25, -0.2) is 0 Å². The SMILES string of the molecule is Cc1cc(C)c(NC(=O)CN(C)C(=O)c2ccccc2C(=O)c2ccc(Br)cc2)c(C)c1. The molecule has 0 aromatic heterocycles. The lowest BCUT2D eigenvalue weighted by Crippen LogP contribution is -2.35. The lowest BCUT2D eigenvalue weighted by molar-refractivity contribution is -0.116. The van der Waals surface area contributed by atoms with Crippen molar-refractivity contribution in [3.05, 3.63) is 98.5 Å². The second-order valence-corrected chi connectivity index (χ2v) is 8.78. The molecule has 1 N–H and O–H groups in total. The Balaban J connectivity index is 1.77. The number of halogens is 1. The quantitative estimate of drug-likeness (QED) is 0.473. The number of nitrogens with zero attached hydrogens (tertiary/aromatic N) is 1. The molecule has 0 aliphatic heterocycles. The van der Waals surface area contributed by atoms with Gasteiger partial charge >= 0.3 is 0 Å². The van der Waals surface area contributed by atoms with Crippen molar-refractivity contribution in [1.82, 2.24) is 4.90 Å². The number of carbonyl (C=O) groups is 3. The van der Waals surface area contributed by atoms with Crippen molar-refractivity contribution >= 4 is 39.2 Å². The van der Waals surface area contributed by atoms with Gasteiger partial charge in [0.05, 0.1) is 12.1 Å². The number of benzene rings is 3. The van der Waals surface area contributed by atoms with E-state index in [0.29, 0.717) is 11.1 Å². The van der Waals surface area contributed by atoms with E-state index in [1.807, 2.05) is 32.9 Å². The standard InChI is InChI=1S/C26H25BrN2O3/c1-16-13-17(2)24(18(3)14-16)28-23(30)15-29(4)26(32)22-8-6-5-7-21(22)25(31)19-9-11-20(27)12-10-19/h5-14H,15H2,1-4H3,(H,28,30). The maximum Gasteiger partial charge on any atom is 0.254 e. The van der Waals surface area contributed by atoms with Crippen molar-refractivity contribution in [1.29, 1.82) is 0 Å².